The third kappa shape index (κ3) is 5.34. The van der Waals surface area contributed by atoms with Crippen LogP contribution in [0.5, 0.6) is 11.5 Å². The fraction of sp³-hybridized carbons (Fsp3) is 0.409. The maximum Gasteiger partial charge on any atom is 0.223 e. The molecule has 2 aliphatic heterocycles. The number of rotatable bonds is 6. The average Bonchev–Trinajstić information content (AvgIpc) is 2.79. The Morgan fingerprint density at radius 3 is 2.45 bits per heavy atom. The molecule has 1 atom stereocenters. The van der Waals surface area contributed by atoms with Crippen molar-refractivity contribution in [2.75, 3.05) is 26.2 Å². The topological polar surface area (TPSA) is 84.9 Å². The molecule has 0 bridgehead atoms. The predicted molar refractivity (Wildman–Crippen MR) is 113 cm³/mol. The Morgan fingerprint density at radius 2 is 1.74 bits per heavy atom. The van der Waals surface area contributed by atoms with Crippen LogP contribution in [0.25, 0.3) is 0 Å². The molecular formula is C22H25FN2O5S. The lowest BCUT2D eigenvalue weighted by atomic mass is 9.97. The highest BCUT2D eigenvalue weighted by atomic mass is 32.2. The number of nitrogens with one attached hydrogen (secondary N) is 1. The third-order valence-corrected chi connectivity index (χ3v) is 7.40. The van der Waals surface area contributed by atoms with Gasteiger partial charge in [-0.2, -0.15) is 0 Å². The number of hydrogen-bond acceptors (Lipinski definition) is 5. The summed E-state index contributed by atoms with van der Waals surface area (Å²) < 4.78 is 51.2. The summed E-state index contributed by atoms with van der Waals surface area (Å²) >= 11 is 0. The maximum atomic E-state index is 13.0. The number of fused-ring (bicyclic) bond motifs is 1. The largest absolute Gasteiger partial charge is 0.486 e. The van der Waals surface area contributed by atoms with Gasteiger partial charge in [-0.05, 0) is 42.7 Å². The minimum absolute atomic E-state index is 0.0990. The van der Waals surface area contributed by atoms with Gasteiger partial charge in [-0.3, -0.25) is 4.79 Å². The fourth-order valence-electron chi connectivity index (χ4n) is 3.80. The van der Waals surface area contributed by atoms with E-state index in [1.54, 1.807) is 0 Å². The molecule has 1 unspecified atom stereocenters. The summed E-state index contributed by atoms with van der Waals surface area (Å²) in [6, 6.07) is 12.8. The molecule has 9 heteroatoms. The van der Waals surface area contributed by atoms with Crippen molar-refractivity contribution >= 4 is 15.9 Å². The van der Waals surface area contributed by atoms with Crippen molar-refractivity contribution in [2.24, 2.45) is 5.92 Å². The first-order valence-corrected chi connectivity index (χ1v) is 11.9. The smallest absolute Gasteiger partial charge is 0.223 e. The number of sulfonamides is 1. The minimum atomic E-state index is -3.51. The van der Waals surface area contributed by atoms with Gasteiger partial charge in [0.25, 0.3) is 0 Å². The summed E-state index contributed by atoms with van der Waals surface area (Å²) in [4.78, 5) is 12.6. The normalized spacial score (nSPS) is 19.7. The van der Waals surface area contributed by atoms with E-state index in [0.29, 0.717) is 43.1 Å². The van der Waals surface area contributed by atoms with Gasteiger partial charge in [0, 0.05) is 19.0 Å². The van der Waals surface area contributed by atoms with Crippen LogP contribution in [-0.2, 0) is 20.6 Å². The standard InChI is InChI=1S/C22H25FN2O5S/c23-18-7-5-16(6-8-18)15-31(27,28)25-11-9-17(10-12-25)22(26)24-13-19-14-29-20-3-1-2-4-21(20)30-19/h1-8,17,19H,9-15H2,(H,24,26). The first-order chi connectivity index (χ1) is 14.9. The van der Waals surface area contributed by atoms with Crippen molar-refractivity contribution in [1.82, 2.24) is 9.62 Å². The van der Waals surface area contributed by atoms with E-state index in [1.807, 2.05) is 24.3 Å². The lowest BCUT2D eigenvalue weighted by Crippen LogP contribution is -2.46. The Kier molecular flexibility index (Phi) is 6.43. The van der Waals surface area contributed by atoms with Crippen molar-refractivity contribution in [2.45, 2.75) is 24.7 Å². The van der Waals surface area contributed by atoms with E-state index in [2.05, 4.69) is 5.32 Å². The second-order valence-corrected chi connectivity index (χ2v) is 9.77. The van der Waals surface area contributed by atoms with Gasteiger partial charge >= 0.3 is 0 Å². The number of para-hydroxylation sites is 2. The van der Waals surface area contributed by atoms with Crippen LogP contribution in [0, 0.1) is 11.7 Å². The number of piperidine rings is 1. The van der Waals surface area contributed by atoms with E-state index in [0.717, 1.165) is 0 Å². The van der Waals surface area contributed by atoms with Gasteiger partial charge in [0.15, 0.2) is 11.5 Å². The van der Waals surface area contributed by atoms with Crippen molar-refractivity contribution in [1.29, 1.82) is 0 Å². The average molecular weight is 449 g/mol. The number of carbonyl (C=O) groups excluding carboxylic acids is 1. The van der Waals surface area contributed by atoms with Crippen molar-refractivity contribution in [3.05, 3.63) is 59.9 Å². The van der Waals surface area contributed by atoms with Crippen LogP contribution in [-0.4, -0.2) is 51.0 Å². The second-order valence-electron chi connectivity index (χ2n) is 7.80. The molecule has 0 spiro atoms. The number of ether oxygens (including phenoxy) is 2. The summed E-state index contributed by atoms with van der Waals surface area (Å²) in [6.45, 7) is 1.27. The third-order valence-electron chi connectivity index (χ3n) is 5.55. The van der Waals surface area contributed by atoms with E-state index < -0.39 is 15.8 Å². The number of amides is 1. The molecule has 0 radical (unpaired) electrons. The van der Waals surface area contributed by atoms with Gasteiger partial charge in [0.1, 0.15) is 18.5 Å². The summed E-state index contributed by atoms with van der Waals surface area (Å²) in [6.07, 6.45) is 0.647. The van der Waals surface area contributed by atoms with Crippen molar-refractivity contribution in [3.63, 3.8) is 0 Å². The highest BCUT2D eigenvalue weighted by molar-refractivity contribution is 7.88. The molecule has 1 saturated heterocycles. The molecule has 31 heavy (non-hydrogen) atoms. The molecule has 2 aliphatic rings. The number of benzene rings is 2. The van der Waals surface area contributed by atoms with Gasteiger partial charge in [-0.1, -0.05) is 24.3 Å². The molecule has 0 aliphatic carbocycles. The summed E-state index contributed by atoms with van der Waals surface area (Å²) in [5, 5.41) is 2.90. The molecule has 1 amide bonds. The number of carbonyl (C=O) groups is 1. The monoisotopic (exact) mass is 448 g/mol. The lowest BCUT2D eigenvalue weighted by molar-refractivity contribution is -0.126. The molecule has 166 valence electrons. The highest BCUT2D eigenvalue weighted by Gasteiger charge is 2.31. The summed E-state index contributed by atoms with van der Waals surface area (Å²) in [7, 11) is -3.51. The number of halogens is 1. The molecule has 2 heterocycles. The van der Waals surface area contributed by atoms with Crippen LogP contribution < -0.4 is 14.8 Å². The van der Waals surface area contributed by atoms with E-state index in [4.69, 9.17) is 9.47 Å². The second kappa shape index (κ2) is 9.23. The SMILES string of the molecule is O=C(NCC1COc2ccccc2O1)C1CCN(S(=O)(=O)Cc2ccc(F)cc2)CC1. The quantitative estimate of drug-likeness (QED) is 0.733. The minimum Gasteiger partial charge on any atom is -0.486 e. The van der Waals surface area contributed by atoms with E-state index in [9.17, 15) is 17.6 Å². The van der Waals surface area contributed by atoms with Crippen LogP contribution in [0.1, 0.15) is 18.4 Å². The Hall–Kier alpha value is -2.65. The van der Waals surface area contributed by atoms with Crippen LogP contribution in [0.2, 0.25) is 0 Å². The molecule has 0 saturated carbocycles. The predicted octanol–water partition coefficient (Wildman–Crippen LogP) is 2.32. The van der Waals surface area contributed by atoms with Crippen LogP contribution in [0.15, 0.2) is 48.5 Å². The fourth-order valence-corrected chi connectivity index (χ4v) is 5.36. The van der Waals surface area contributed by atoms with Gasteiger partial charge in [0.05, 0.1) is 12.3 Å². The van der Waals surface area contributed by atoms with Gasteiger partial charge in [-0.15, -0.1) is 0 Å². The van der Waals surface area contributed by atoms with Gasteiger partial charge in [-0.25, -0.2) is 17.1 Å². The molecule has 7 nitrogen and oxygen atoms in total. The maximum absolute atomic E-state index is 13.0. The van der Waals surface area contributed by atoms with Gasteiger partial charge in [0.2, 0.25) is 15.9 Å². The molecule has 2 aromatic carbocycles. The first-order valence-electron chi connectivity index (χ1n) is 10.3. The summed E-state index contributed by atoms with van der Waals surface area (Å²) in [5.74, 6) is 0.436. The van der Waals surface area contributed by atoms with E-state index in [1.165, 1.54) is 28.6 Å². The Balaban J connectivity index is 1.24. The van der Waals surface area contributed by atoms with Gasteiger partial charge < -0.3 is 14.8 Å². The zero-order valence-electron chi connectivity index (χ0n) is 17.0. The van der Waals surface area contributed by atoms with Crippen molar-refractivity contribution < 1.29 is 27.1 Å². The Morgan fingerprint density at radius 1 is 1.06 bits per heavy atom. The number of nitrogens with zero attached hydrogens (tertiary/aromatic N) is 1. The molecule has 4 rings (SSSR count). The molecule has 0 aromatic heterocycles. The molecule has 1 N–H and O–H groups in total. The highest BCUT2D eigenvalue weighted by Crippen LogP contribution is 2.30. The zero-order chi connectivity index (χ0) is 21.8. The number of hydrogen-bond donors (Lipinski definition) is 1. The Labute approximate surface area is 181 Å². The molecule has 2 aromatic rings. The van der Waals surface area contributed by atoms with Crippen LogP contribution in [0.3, 0.4) is 0 Å². The van der Waals surface area contributed by atoms with E-state index in [-0.39, 0.29) is 36.8 Å². The van der Waals surface area contributed by atoms with Crippen LogP contribution >= 0.6 is 0 Å². The molecular weight excluding hydrogens is 423 g/mol. The van der Waals surface area contributed by atoms with E-state index >= 15 is 0 Å². The first kappa shape index (κ1) is 21.6. The van der Waals surface area contributed by atoms with Crippen molar-refractivity contribution in [3.8, 4) is 11.5 Å². The zero-order valence-corrected chi connectivity index (χ0v) is 17.8. The molecule has 1 fully saturated rings. The van der Waals surface area contributed by atoms with Crippen LogP contribution in [0.4, 0.5) is 4.39 Å². The Bertz CT molecular complexity index is 1020. The summed E-state index contributed by atoms with van der Waals surface area (Å²) in [5.41, 5.74) is 0.539. The lowest BCUT2D eigenvalue weighted by Gasteiger charge is -2.31.